The van der Waals surface area contributed by atoms with Crippen LogP contribution in [0.2, 0.25) is 0 Å². The van der Waals surface area contributed by atoms with Crippen molar-refractivity contribution in [2.45, 2.75) is 0 Å². The van der Waals surface area contributed by atoms with Crippen molar-refractivity contribution >= 4 is 18.1 Å². The number of rotatable bonds is 5. The lowest BCUT2D eigenvalue weighted by atomic mass is 10.1. The quantitative estimate of drug-likeness (QED) is 0.505. The van der Waals surface area contributed by atoms with E-state index in [0.717, 1.165) is 5.56 Å². The molecule has 2 rings (SSSR count). The Morgan fingerprint density at radius 2 is 1.70 bits per heavy atom. The molecule has 0 unspecified atom stereocenters. The number of carbonyl (C=O) groups is 1. The number of nitrogens with one attached hydrogen (secondary N) is 1. The van der Waals surface area contributed by atoms with Gasteiger partial charge in [0, 0.05) is 17.2 Å². The number of hydroxylamine groups is 1. The molecular formula is C17H16FNO4. The van der Waals surface area contributed by atoms with Gasteiger partial charge in [0.2, 0.25) is 0 Å². The van der Waals surface area contributed by atoms with E-state index < -0.39 is 11.7 Å². The third-order valence-corrected chi connectivity index (χ3v) is 3.23. The third-order valence-electron chi connectivity index (χ3n) is 3.23. The molecule has 0 aliphatic rings. The Morgan fingerprint density at radius 3 is 2.26 bits per heavy atom. The van der Waals surface area contributed by atoms with E-state index in [1.807, 2.05) is 0 Å². The molecule has 6 heteroatoms. The van der Waals surface area contributed by atoms with E-state index in [0.29, 0.717) is 22.6 Å². The van der Waals surface area contributed by atoms with Gasteiger partial charge < -0.3 is 9.47 Å². The minimum Gasteiger partial charge on any atom is -0.493 e. The van der Waals surface area contributed by atoms with Gasteiger partial charge in [0.25, 0.3) is 5.91 Å². The van der Waals surface area contributed by atoms with Crippen LogP contribution in [0.15, 0.2) is 36.4 Å². The highest BCUT2D eigenvalue weighted by atomic mass is 19.1. The summed E-state index contributed by atoms with van der Waals surface area (Å²) in [6, 6.07) is 9.26. The summed E-state index contributed by atoms with van der Waals surface area (Å²) in [4.78, 5) is 11.2. The molecule has 23 heavy (non-hydrogen) atoms. The van der Waals surface area contributed by atoms with Crippen molar-refractivity contribution in [1.29, 1.82) is 0 Å². The van der Waals surface area contributed by atoms with Crippen LogP contribution >= 0.6 is 0 Å². The van der Waals surface area contributed by atoms with Crippen molar-refractivity contribution in [3.05, 3.63) is 58.9 Å². The number of hydrogen-bond acceptors (Lipinski definition) is 4. The Morgan fingerprint density at radius 1 is 1.09 bits per heavy atom. The van der Waals surface area contributed by atoms with Crippen LogP contribution in [0.3, 0.4) is 0 Å². The predicted molar refractivity (Wildman–Crippen MR) is 84.1 cm³/mol. The standard InChI is InChI=1S/C17H16FNO4/c1-22-15-9-13(14(18)10-16(15)23-2)8-5-11-3-6-12(7-4-11)17(20)19-21/h3-10,21H,1-2H3,(H,19,20)/b8-5+. The van der Waals surface area contributed by atoms with E-state index in [4.69, 9.17) is 14.7 Å². The molecule has 0 saturated heterocycles. The van der Waals surface area contributed by atoms with Gasteiger partial charge in [0.05, 0.1) is 14.2 Å². The van der Waals surface area contributed by atoms with Crippen molar-refractivity contribution < 1.29 is 23.9 Å². The molecule has 0 radical (unpaired) electrons. The number of hydrogen-bond donors (Lipinski definition) is 2. The maximum absolute atomic E-state index is 14.0. The summed E-state index contributed by atoms with van der Waals surface area (Å²) in [5.74, 6) is -0.272. The SMILES string of the molecule is COc1cc(F)c(/C=C/c2ccc(C(=O)NO)cc2)cc1OC. The number of amides is 1. The van der Waals surface area contributed by atoms with Crippen LogP contribution in [0, 0.1) is 5.82 Å². The summed E-state index contributed by atoms with van der Waals surface area (Å²) in [5.41, 5.74) is 3.00. The number of ether oxygens (including phenoxy) is 2. The summed E-state index contributed by atoms with van der Waals surface area (Å²) in [7, 11) is 2.92. The first-order chi connectivity index (χ1) is 11.1. The van der Waals surface area contributed by atoms with Gasteiger partial charge in [-0.1, -0.05) is 24.3 Å². The van der Waals surface area contributed by atoms with Crippen LogP contribution in [0.4, 0.5) is 4.39 Å². The number of halogens is 1. The third kappa shape index (κ3) is 3.87. The Bertz CT molecular complexity index is 726. The minimum atomic E-state index is -0.591. The summed E-state index contributed by atoms with van der Waals surface area (Å²) >= 11 is 0. The van der Waals surface area contributed by atoms with Gasteiger partial charge in [-0.3, -0.25) is 10.0 Å². The van der Waals surface area contributed by atoms with Gasteiger partial charge in [-0.05, 0) is 23.8 Å². The zero-order valence-electron chi connectivity index (χ0n) is 12.7. The first-order valence-electron chi connectivity index (χ1n) is 6.73. The van der Waals surface area contributed by atoms with Crippen molar-refractivity contribution in [2.75, 3.05) is 14.2 Å². The molecule has 0 atom stereocenters. The maximum Gasteiger partial charge on any atom is 0.274 e. The summed E-state index contributed by atoms with van der Waals surface area (Å²) in [5, 5.41) is 8.55. The summed E-state index contributed by atoms with van der Waals surface area (Å²) in [6.07, 6.45) is 3.30. The Labute approximate surface area is 132 Å². The smallest absolute Gasteiger partial charge is 0.274 e. The van der Waals surface area contributed by atoms with Gasteiger partial charge >= 0.3 is 0 Å². The molecule has 0 bridgehead atoms. The molecule has 0 spiro atoms. The highest BCUT2D eigenvalue weighted by Crippen LogP contribution is 2.30. The molecule has 2 aromatic carbocycles. The molecule has 2 N–H and O–H groups in total. The summed E-state index contributed by atoms with van der Waals surface area (Å²) < 4.78 is 24.2. The second kappa shape index (κ2) is 7.42. The normalized spacial score (nSPS) is 10.6. The van der Waals surface area contributed by atoms with Crippen LogP contribution in [0.1, 0.15) is 21.5 Å². The van der Waals surface area contributed by atoms with Crippen LogP contribution in [0.5, 0.6) is 11.5 Å². The van der Waals surface area contributed by atoms with Crippen LogP contribution in [-0.2, 0) is 0 Å². The molecule has 0 fully saturated rings. The fourth-order valence-electron chi connectivity index (χ4n) is 1.99. The summed E-state index contributed by atoms with van der Waals surface area (Å²) in [6.45, 7) is 0. The second-order valence-electron chi connectivity index (χ2n) is 4.62. The molecular weight excluding hydrogens is 301 g/mol. The maximum atomic E-state index is 14.0. The van der Waals surface area contributed by atoms with E-state index in [1.165, 1.54) is 26.4 Å². The Hall–Kier alpha value is -2.86. The molecule has 0 aliphatic heterocycles. The highest BCUT2D eigenvalue weighted by Gasteiger charge is 2.09. The molecule has 2 aromatic rings. The fraction of sp³-hybridized carbons (Fsp3) is 0.118. The lowest BCUT2D eigenvalue weighted by Gasteiger charge is -2.09. The zero-order valence-corrected chi connectivity index (χ0v) is 12.7. The zero-order chi connectivity index (χ0) is 16.8. The van der Waals surface area contributed by atoms with Gasteiger partial charge in [-0.25, -0.2) is 9.87 Å². The molecule has 1 amide bonds. The molecule has 5 nitrogen and oxygen atoms in total. The average Bonchev–Trinajstić information content (AvgIpc) is 2.60. The van der Waals surface area contributed by atoms with Crippen molar-refractivity contribution in [2.24, 2.45) is 0 Å². The first kappa shape index (κ1) is 16.5. The van der Waals surface area contributed by atoms with E-state index in [-0.39, 0.29) is 0 Å². The Kier molecular flexibility index (Phi) is 5.32. The van der Waals surface area contributed by atoms with Crippen LogP contribution in [-0.4, -0.2) is 25.3 Å². The van der Waals surface area contributed by atoms with Crippen molar-refractivity contribution in [1.82, 2.24) is 5.48 Å². The van der Waals surface area contributed by atoms with Crippen molar-refractivity contribution in [3.63, 3.8) is 0 Å². The number of carbonyl (C=O) groups excluding carboxylic acids is 1. The van der Waals surface area contributed by atoms with E-state index in [9.17, 15) is 9.18 Å². The minimum absolute atomic E-state index is 0.321. The second-order valence-corrected chi connectivity index (χ2v) is 4.62. The average molecular weight is 317 g/mol. The van der Waals surface area contributed by atoms with Gasteiger partial charge in [0.15, 0.2) is 11.5 Å². The predicted octanol–water partition coefficient (Wildman–Crippen LogP) is 3.13. The highest BCUT2D eigenvalue weighted by molar-refractivity contribution is 5.93. The molecule has 0 aliphatic carbocycles. The van der Waals surface area contributed by atoms with Gasteiger partial charge in [-0.15, -0.1) is 0 Å². The lowest BCUT2D eigenvalue weighted by molar-refractivity contribution is 0.0706. The van der Waals surface area contributed by atoms with E-state index in [2.05, 4.69) is 0 Å². The van der Waals surface area contributed by atoms with Crippen LogP contribution in [0.25, 0.3) is 12.2 Å². The molecule has 0 aromatic heterocycles. The van der Waals surface area contributed by atoms with Crippen molar-refractivity contribution in [3.8, 4) is 11.5 Å². The van der Waals surface area contributed by atoms with E-state index >= 15 is 0 Å². The topological polar surface area (TPSA) is 67.8 Å². The molecule has 0 saturated carbocycles. The lowest BCUT2D eigenvalue weighted by Crippen LogP contribution is -2.18. The number of benzene rings is 2. The van der Waals surface area contributed by atoms with E-state index in [1.54, 1.807) is 41.9 Å². The van der Waals surface area contributed by atoms with Gasteiger partial charge in [0.1, 0.15) is 5.82 Å². The monoisotopic (exact) mass is 317 g/mol. The molecule has 0 heterocycles. The molecule has 120 valence electrons. The fourth-order valence-corrected chi connectivity index (χ4v) is 1.99. The number of methoxy groups -OCH3 is 2. The first-order valence-corrected chi connectivity index (χ1v) is 6.73. The van der Waals surface area contributed by atoms with Gasteiger partial charge in [-0.2, -0.15) is 0 Å². The largest absolute Gasteiger partial charge is 0.493 e. The Balaban J connectivity index is 2.24. The van der Waals surface area contributed by atoms with Crippen LogP contribution < -0.4 is 15.0 Å².